The number of halogens is 2. The highest BCUT2D eigenvalue weighted by Crippen LogP contribution is 2.31. The van der Waals surface area contributed by atoms with Crippen LogP contribution in [0.2, 0.25) is 0 Å². The second kappa shape index (κ2) is 7.69. The van der Waals surface area contributed by atoms with Crippen LogP contribution in [0.1, 0.15) is 30.0 Å². The number of carbonyl (C=O) groups excluding carboxylic acids is 1. The number of aliphatic hydroxyl groups excluding tert-OH is 1. The largest absolute Gasteiger partial charge is 0.382 e. The molecule has 0 aliphatic heterocycles. The van der Waals surface area contributed by atoms with E-state index in [2.05, 4.69) is 20.2 Å². The molecule has 0 saturated heterocycles. The summed E-state index contributed by atoms with van der Waals surface area (Å²) < 4.78 is 31.0. The van der Waals surface area contributed by atoms with Gasteiger partial charge in [-0.1, -0.05) is 0 Å². The van der Waals surface area contributed by atoms with E-state index in [4.69, 9.17) is 5.73 Å². The molecule has 4 aromatic rings. The van der Waals surface area contributed by atoms with E-state index in [0.29, 0.717) is 17.1 Å². The van der Waals surface area contributed by atoms with Crippen molar-refractivity contribution in [2.45, 2.75) is 13.0 Å². The van der Waals surface area contributed by atoms with Gasteiger partial charge in [-0.15, -0.1) is 0 Å². The summed E-state index contributed by atoms with van der Waals surface area (Å²) in [5, 5.41) is 20.2. The maximum Gasteiger partial charge on any atom is 0.334 e. The second-order valence-corrected chi connectivity index (χ2v) is 6.78. The maximum absolute atomic E-state index is 15.0. The zero-order valence-electron chi connectivity index (χ0n) is 16.5. The molecule has 0 bridgehead atoms. The van der Waals surface area contributed by atoms with Gasteiger partial charge in [0.25, 0.3) is 0 Å². The Kier molecular flexibility index (Phi) is 5.03. The van der Waals surface area contributed by atoms with Crippen molar-refractivity contribution in [3.05, 3.63) is 71.3 Å². The Hall–Kier alpha value is -3.99. The number of hydrogen-bond acceptors (Lipinski definition) is 6. The summed E-state index contributed by atoms with van der Waals surface area (Å²) in [5.41, 5.74) is 5.86. The number of benzene rings is 1. The molecule has 3 heterocycles. The number of nitrogens with two attached hydrogens (primary N) is 1. The van der Waals surface area contributed by atoms with Crippen molar-refractivity contribution in [2.24, 2.45) is 10.8 Å². The lowest BCUT2D eigenvalue weighted by Crippen LogP contribution is -2.28. The highest BCUT2D eigenvalue weighted by Gasteiger charge is 2.26. The fourth-order valence-electron chi connectivity index (χ4n) is 3.16. The fourth-order valence-corrected chi connectivity index (χ4v) is 3.16. The lowest BCUT2D eigenvalue weighted by atomic mass is 10.0. The SMILES string of the molecule is C/C(=N/N(C)C(N)=O)c1ccc2ncc(C(O)c3c(F)cc4ncccc4c3F)n2n1. The van der Waals surface area contributed by atoms with Crippen LogP contribution in [0.3, 0.4) is 0 Å². The summed E-state index contributed by atoms with van der Waals surface area (Å²) in [6, 6.07) is 6.49. The topological polar surface area (TPSA) is 122 Å². The zero-order chi connectivity index (χ0) is 22.3. The molecule has 31 heavy (non-hydrogen) atoms. The predicted octanol–water partition coefficient (Wildman–Crippen LogP) is 2.37. The number of primary amides is 1. The summed E-state index contributed by atoms with van der Waals surface area (Å²) in [7, 11) is 1.39. The number of imidazole rings is 1. The van der Waals surface area contributed by atoms with Gasteiger partial charge in [0, 0.05) is 24.7 Å². The Morgan fingerprint density at radius 1 is 1.29 bits per heavy atom. The third-order valence-electron chi connectivity index (χ3n) is 4.76. The number of nitrogens with zero attached hydrogens (tertiary/aromatic N) is 6. The number of rotatable bonds is 4. The molecule has 1 atom stereocenters. The number of pyridine rings is 1. The average molecular weight is 425 g/mol. The van der Waals surface area contributed by atoms with Crippen LogP contribution in [-0.4, -0.2) is 48.5 Å². The number of urea groups is 1. The molecular weight excluding hydrogens is 408 g/mol. The normalized spacial score (nSPS) is 13.0. The highest BCUT2D eigenvalue weighted by atomic mass is 19.1. The first-order valence-electron chi connectivity index (χ1n) is 9.12. The van der Waals surface area contributed by atoms with E-state index < -0.39 is 29.3 Å². The van der Waals surface area contributed by atoms with Gasteiger partial charge in [0.05, 0.1) is 28.7 Å². The minimum Gasteiger partial charge on any atom is -0.382 e. The lowest BCUT2D eigenvalue weighted by molar-refractivity contribution is 0.202. The summed E-state index contributed by atoms with van der Waals surface area (Å²) in [4.78, 5) is 19.3. The second-order valence-electron chi connectivity index (χ2n) is 6.78. The molecule has 3 aromatic heterocycles. The van der Waals surface area contributed by atoms with Crippen molar-refractivity contribution in [3.63, 3.8) is 0 Å². The van der Waals surface area contributed by atoms with Crippen molar-refractivity contribution >= 4 is 28.3 Å². The van der Waals surface area contributed by atoms with Crippen LogP contribution in [0.4, 0.5) is 13.6 Å². The van der Waals surface area contributed by atoms with Gasteiger partial charge < -0.3 is 10.8 Å². The Morgan fingerprint density at radius 2 is 2.06 bits per heavy atom. The molecule has 0 saturated carbocycles. The number of hydrazone groups is 1. The van der Waals surface area contributed by atoms with E-state index in [9.17, 15) is 14.3 Å². The van der Waals surface area contributed by atoms with Crippen molar-refractivity contribution in [2.75, 3.05) is 7.05 Å². The minimum absolute atomic E-state index is 0.0500. The fraction of sp³-hybridized carbons (Fsp3) is 0.150. The van der Waals surface area contributed by atoms with Gasteiger partial charge in [-0.25, -0.2) is 28.1 Å². The zero-order valence-corrected chi connectivity index (χ0v) is 16.5. The third-order valence-corrected chi connectivity index (χ3v) is 4.76. The van der Waals surface area contributed by atoms with Crippen molar-refractivity contribution in [1.29, 1.82) is 0 Å². The van der Waals surface area contributed by atoms with Gasteiger partial charge in [0.1, 0.15) is 23.4 Å². The average Bonchev–Trinajstić information content (AvgIpc) is 3.16. The Morgan fingerprint density at radius 3 is 2.81 bits per heavy atom. The van der Waals surface area contributed by atoms with Crippen LogP contribution in [0.5, 0.6) is 0 Å². The van der Waals surface area contributed by atoms with Gasteiger partial charge in [0.15, 0.2) is 5.65 Å². The van der Waals surface area contributed by atoms with Crippen LogP contribution in [0, 0.1) is 11.6 Å². The lowest BCUT2D eigenvalue weighted by Gasteiger charge is -2.14. The van der Waals surface area contributed by atoms with Crippen LogP contribution < -0.4 is 5.73 Å². The molecule has 9 nitrogen and oxygen atoms in total. The maximum atomic E-state index is 15.0. The standard InChI is InChI=1S/C20H17F2N7O2/c1-10(26-28(2)20(23)31)13-5-6-16-25-9-15(29(16)27-13)19(30)17-12(21)8-14-11(18(17)22)4-3-7-24-14/h3-9,19,30H,1-2H3,(H2,23,31)/b26-10-. The first kappa shape index (κ1) is 20.3. The summed E-state index contributed by atoms with van der Waals surface area (Å²) in [5.74, 6) is -1.86. The Balaban J connectivity index is 1.82. The molecule has 0 spiro atoms. The van der Waals surface area contributed by atoms with Crippen LogP contribution in [0.15, 0.2) is 47.8 Å². The molecule has 4 rings (SSSR count). The van der Waals surface area contributed by atoms with E-state index in [1.807, 2.05) is 0 Å². The predicted molar refractivity (Wildman–Crippen MR) is 108 cm³/mol. The summed E-state index contributed by atoms with van der Waals surface area (Å²) in [6.45, 7) is 1.61. The first-order valence-corrected chi connectivity index (χ1v) is 9.12. The van der Waals surface area contributed by atoms with Crippen molar-refractivity contribution in [1.82, 2.24) is 24.6 Å². The van der Waals surface area contributed by atoms with E-state index in [1.165, 1.54) is 36.1 Å². The van der Waals surface area contributed by atoms with Crippen molar-refractivity contribution < 1.29 is 18.7 Å². The summed E-state index contributed by atoms with van der Waals surface area (Å²) >= 11 is 0. The van der Waals surface area contributed by atoms with Gasteiger partial charge >= 0.3 is 6.03 Å². The van der Waals surface area contributed by atoms with Crippen LogP contribution >= 0.6 is 0 Å². The number of amides is 2. The molecule has 3 N–H and O–H groups in total. The quantitative estimate of drug-likeness (QED) is 0.384. The number of aromatic nitrogens is 4. The monoisotopic (exact) mass is 425 g/mol. The number of hydrogen-bond donors (Lipinski definition) is 2. The van der Waals surface area contributed by atoms with E-state index in [-0.39, 0.29) is 16.6 Å². The molecular formula is C20H17F2N7O2. The first-order chi connectivity index (χ1) is 14.8. The number of fused-ring (bicyclic) bond motifs is 2. The minimum atomic E-state index is -1.69. The highest BCUT2D eigenvalue weighted by molar-refractivity contribution is 5.97. The number of carbonyl (C=O) groups is 1. The van der Waals surface area contributed by atoms with Gasteiger partial charge in [-0.2, -0.15) is 10.2 Å². The van der Waals surface area contributed by atoms with E-state index in [0.717, 1.165) is 11.1 Å². The molecule has 0 fully saturated rings. The smallest absolute Gasteiger partial charge is 0.334 e. The summed E-state index contributed by atoms with van der Waals surface area (Å²) in [6.07, 6.45) is 1.02. The van der Waals surface area contributed by atoms with Crippen molar-refractivity contribution in [3.8, 4) is 0 Å². The van der Waals surface area contributed by atoms with E-state index >= 15 is 4.39 Å². The number of aliphatic hydroxyl groups is 1. The molecule has 0 aliphatic rings. The molecule has 1 unspecified atom stereocenters. The molecule has 0 aliphatic carbocycles. The van der Waals surface area contributed by atoms with Crippen LogP contribution in [0.25, 0.3) is 16.6 Å². The molecule has 11 heteroatoms. The Labute approximate surface area is 174 Å². The molecule has 0 radical (unpaired) electrons. The molecule has 2 amide bonds. The Bertz CT molecular complexity index is 1350. The van der Waals surface area contributed by atoms with E-state index in [1.54, 1.807) is 19.1 Å². The van der Waals surface area contributed by atoms with Crippen LogP contribution in [-0.2, 0) is 0 Å². The van der Waals surface area contributed by atoms with Gasteiger partial charge in [-0.3, -0.25) is 4.98 Å². The molecule has 158 valence electrons. The van der Waals surface area contributed by atoms with Gasteiger partial charge in [-0.05, 0) is 31.2 Å². The van der Waals surface area contributed by atoms with Gasteiger partial charge in [0.2, 0.25) is 0 Å². The third kappa shape index (κ3) is 3.55. The molecule has 1 aromatic carbocycles.